The Hall–Kier alpha value is -3.10. The van der Waals surface area contributed by atoms with Crippen molar-refractivity contribution in [1.29, 1.82) is 0 Å². The van der Waals surface area contributed by atoms with Crippen LogP contribution in [0.25, 0.3) is 0 Å². The third kappa shape index (κ3) is 5.28. The van der Waals surface area contributed by atoms with E-state index in [9.17, 15) is 14.4 Å². The van der Waals surface area contributed by atoms with Gasteiger partial charge in [0.2, 0.25) is 5.91 Å². The van der Waals surface area contributed by atoms with Crippen LogP contribution in [0.2, 0.25) is 0 Å². The largest absolute Gasteiger partial charge is 0.345 e. The minimum Gasteiger partial charge on any atom is -0.338 e. The molecule has 1 aromatic carbocycles. The third-order valence-electron chi connectivity index (χ3n) is 5.14. The molecule has 1 aliphatic heterocycles. The number of aryl methyl sites for hydroxylation is 3. The molecule has 30 heavy (non-hydrogen) atoms. The summed E-state index contributed by atoms with van der Waals surface area (Å²) in [4.78, 5) is 36.4. The predicted octanol–water partition coefficient (Wildman–Crippen LogP) is 2.50. The molecule has 0 saturated carbocycles. The molecule has 0 bridgehead atoms. The number of aromatic nitrogens is 3. The molecule has 0 atom stereocenters. The molecule has 2 heterocycles. The van der Waals surface area contributed by atoms with Crippen molar-refractivity contribution in [2.75, 3.05) is 17.2 Å². The van der Waals surface area contributed by atoms with Gasteiger partial charge in [-0.1, -0.05) is 19.9 Å². The van der Waals surface area contributed by atoms with E-state index in [-0.39, 0.29) is 23.5 Å². The number of hydrogen-bond donors (Lipinski definition) is 3. The summed E-state index contributed by atoms with van der Waals surface area (Å²) < 4.78 is 3.24. The number of benzene rings is 1. The highest BCUT2D eigenvalue weighted by Crippen LogP contribution is 2.20. The van der Waals surface area contributed by atoms with Gasteiger partial charge < -0.3 is 16.0 Å². The zero-order valence-corrected chi connectivity index (χ0v) is 17.8. The third-order valence-corrected chi connectivity index (χ3v) is 5.14. The number of fused-ring (bicyclic) bond motifs is 1. The van der Waals surface area contributed by atoms with Crippen molar-refractivity contribution >= 4 is 23.3 Å². The van der Waals surface area contributed by atoms with Crippen molar-refractivity contribution in [3.8, 4) is 0 Å². The molecule has 9 nitrogen and oxygen atoms in total. The first-order valence-electron chi connectivity index (χ1n) is 10.5. The number of amides is 3. The molecule has 3 rings (SSSR count). The summed E-state index contributed by atoms with van der Waals surface area (Å²) >= 11 is 0. The van der Waals surface area contributed by atoms with Gasteiger partial charge in [0.15, 0.2) is 0 Å². The van der Waals surface area contributed by atoms with E-state index < -0.39 is 0 Å². The van der Waals surface area contributed by atoms with Crippen LogP contribution in [0.4, 0.5) is 16.2 Å². The molecule has 9 heteroatoms. The normalized spacial score (nSPS) is 13.1. The summed E-state index contributed by atoms with van der Waals surface area (Å²) in [5.74, 6) is 0.654. The molecule has 0 saturated heterocycles. The van der Waals surface area contributed by atoms with Crippen molar-refractivity contribution in [2.45, 2.75) is 59.5 Å². The van der Waals surface area contributed by atoms with Crippen LogP contribution in [0, 0.1) is 12.8 Å². The van der Waals surface area contributed by atoms with Crippen molar-refractivity contribution in [1.82, 2.24) is 19.7 Å². The van der Waals surface area contributed by atoms with Crippen molar-refractivity contribution in [3.63, 3.8) is 0 Å². The minimum atomic E-state index is -0.332. The van der Waals surface area contributed by atoms with E-state index in [1.807, 2.05) is 26.8 Å². The molecule has 0 spiro atoms. The van der Waals surface area contributed by atoms with Gasteiger partial charge in [-0.15, -0.1) is 0 Å². The Morgan fingerprint density at radius 3 is 2.73 bits per heavy atom. The molecular formula is C21H30N6O3. The van der Waals surface area contributed by atoms with E-state index in [1.54, 1.807) is 16.7 Å². The van der Waals surface area contributed by atoms with E-state index >= 15 is 0 Å². The molecule has 0 unspecified atom stereocenters. The second-order valence-corrected chi connectivity index (χ2v) is 7.94. The van der Waals surface area contributed by atoms with Crippen molar-refractivity contribution in [3.05, 3.63) is 40.1 Å². The minimum absolute atomic E-state index is 0.0648. The molecule has 0 radical (unpaired) electrons. The first-order chi connectivity index (χ1) is 14.3. The number of carbonyl (C=O) groups excluding carboxylic acids is 2. The quantitative estimate of drug-likeness (QED) is 0.605. The molecule has 1 aromatic heterocycles. The topological polar surface area (TPSA) is 110 Å². The average molecular weight is 415 g/mol. The van der Waals surface area contributed by atoms with Gasteiger partial charge in [0.05, 0.1) is 0 Å². The van der Waals surface area contributed by atoms with Crippen LogP contribution in [0.5, 0.6) is 0 Å². The van der Waals surface area contributed by atoms with Crippen LogP contribution >= 0.6 is 0 Å². The fraction of sp³-hybridized carbons (Fsp3) is 0.524. The van der Waals surface area contributed by atoms with Gasteiger partial charge in [-0.05, 0) is 43.9 Å². The van der Waals surface area contributed by atoms with Crippen LogP contribution in [0.3, 0.4) is 0 Å². The first kappa shape index (κ1) is 21.6. The van der Waals surface area contributed by atoms with Gasteiger partial charge in [0.25, 0.3) is 0 Å². The average Bonchev–Trinajstić information content (AvgIpc) is 3.03. The lowest BCUT2D eigenvalue weighted by molar-refractivity contribution is -0.118. The fourth-order valence-electron chi connectivity index (χ4n) is 3.31. The molecule has 0 fully saturated rings. The number of anilines is 2. The van der Waals surface area contributed by atoms with Crippen LogP contribution in [-0.2, 0) is 24.3 Å². The van der Waals surface area contributed by atoms with E-state index in [0.717, 1.165) is 37.2 Å². The lowest BCUT2D eigenvalue weighted by Gasteiger charge is -2.13. The van der Waals surface area contributed by atoms with E-state index in [2.05, 4.69) is 21.0 Å². The van der Waals surface area contributed by atoms with Crippen molar-refractivity contribution < 1.29 is 9.59 Å². The summed E-state index contributed by atoms with van der Waals surface area (Å²) in [6, 6.07) is 5.06. The Morgan fingerprint density at radius 1 is 1.20 bits per heavy atom. The van der Waals surface area contributed by atoms with Gasteiger partial charge >= 0.3 is 11.7 Å². The molecule has 162 valence electrons. The maximum Gasteiger partial charge on any atom is 0.345 e. The van der Waals surface area contributed by atoms with Crippen LogP contribution < -0.4 is 21.6 Å². The maximum absolute atomic E-state index is 12.3. The van der Waals surface area contributed by atoms with Crippen LogP contribution in [-0.4, -0.2) is 32.8 Å². The number of hydrogen-bond acceptors (Lipinski definition) is 4. The summed E-state index contributed by atoms with van der Waals surface area (Å²) in [7, 11) is 0. The van der Waals surface area contributed by atoms with Crippen LogP contribution in [0.1, 0.15) is 44.5 Å². The Balaban J connectivity index is 1.48. The van der Waals surface area contributed by atoms with Gasteiger partial charge in [0.1, 0.15) is 5.82 Å². The number of carbonyl (C=O) groups is 2. The summed E-state index contributed by atoms with van der Waals surface area (Å²) in [6.45, 7) is 7.16. The number of nitrogens with one attached hydrogen (secondary N) is 3. The molecule has 0 aliphatic carbocycles. The number of nitrogens with zero attached hydrogens (tertiary/aromatic N) is 3. The standard InChI is InChI=1S/C21H30N6O3/c1-14(2)19(28)23-16-9-8-15(3)17(13-16)24-20(29)22-10-6-12-27-21(30)26-11-5-4-7-18(26)25-27/h8-9,13-14H,4-7,10-12H2,1-3H3,(H,23,28)(H2,22,24,29). The molecule has 3 N–H and O–H groups in total. The summed E-state index contributed by atoms with van der Waals surface area (Å²) in [5, 5.41) is 12.8. The Bertz CT molecular complexity index is 976. The zero-order chi connectivity index (χ0) is 21.7. The fourth-order valence-corrected chi connectivity index (χ4v) is 3.31. The Morgan fingerprint density at radius 2 is 2.00 bits per heavy atom. The lowest BCUT2D eigenvalue weighted by atomic mass is 10.1. The number of urea groups is 1. The van der Waals surface area contributed by atoms with Gasteiger partial charge in [-0.25, -0.2) is 14.3 Å². The summed E-state index contributed by atoms with van der Waals surface area (Å²) in [6.07, 6.45) is 3.54. The monoisotopic (exact) mass is 414 g/mol. The second-order valence-electron chi connectivity index (χ2n) is 7.94. The van der Waals surface area contributed by atoms with Crippen molar-refractivity contribution in [2.24, 2.45) is 5.92 Å². The highest BCUT2D eigenvalue weighted by molar-refractivity contribution is 5.94. The van der Waals surface area contributed by atoms with E-state index in [0.29, 0.717) is 30.9 Å². The van der Waals surface area contributed by atoms with Crippen LogP contribution in [0.15, 0.2) is 23.0 Å². The molecule has 1 aliphatic rings. The lowest BCUT2D eigenvalue weighted by Crippen LogP contribution is -2.32. The highest BCUT2D eigenvalue weighted by atomic mass is 16.2. The second kappa shape index (κ2) is 9.60. The Kier molecular flexibility index (Phi) is 6.91. The van der Waals surface area contributed by atoms with Gasteiger partial charge in [-0.2, -0.15) is 5.10 Å². The molecule has 2 aromatic rings. The maximum atomic E-state index is 12.3. The smallest absolute Gasteiger partial charge is 0.338 e. The predicted molar refractivity (Wildman–Crippen MR) is 116 cm³/mol. The highest BCUT2D eigenvalue weighted by Gasteiger charge is 2.16. The van der Waals surface area contributed by atoms with Gasteiger partial charge in [0, 0.05) is 43.3 Å². The first-order valence-corrected chi connectivity index (χ1v) is 10.5. The van der Waals surface area contributed by atoms with E-state index in [4.69, 9.17) is 0 Å². The Labute approximate surface area is 175 Å². The zero-order valence-electron chi connectivity index (χ0n) is 17.8. The molecule has 3 amide bonds. The molecular weight excluding hydrogens is 384 g/mol. The summed E-state index contributed by atoms with van der Waals surface area (Å²) in [5.41, 5.74) is 2.10. The SMILES string of the molecule is Cc1ccc(NC(=O)C(C)C)cc1NC(=O)NCCCn1nc2n(c1=O)CCCC2. The number of rotatable bonds is 7. The van der Waals surface area contributed by atoms with Gasteiger partial charge in [-0.3, -0.25) is 9.36 Å². The van der Waals surface area contributed by atoms with E-state index in [1.165, 1.54) is 4.68 Å².